The van der Waals surface area contributed by atoms with Gasteiger partial charge in [-0.3, -0.25) is 14.5 Å². The van der Waals surface area contributed by atoms with Crippen LogP contribution < -0.4 is 21.3 Å². The second-order valence-corrected chi connectivity index (χ2v) is 8.06. The van der Waals surface area contributed by atoms with E-state index in [4.69, 9.17) is 16.2 Å². The van der Waals surface area contributed by atoms with Crippen molar-refractivity contribution in [1.82, 2.24) is 0 Å². The topological polar surface area (TPSA) is 102 Å². The fraction of sp³-hybridized carbons (Fsp3) is 0.360. The van der Waals surface area contributed by atoms with Crippen LogP contribution in [0.2, 0.25) is 0 Å². The molecule has 1 saturated heterocycles. The van der Waals surface area contributed by atoms with Crippen molar-refractivity contribution in [3.63, 3.8) is 0 Å². The molecule has 0 aromatic heterocycles. The standard InChI is InChI=1S/C25H28N4O3/c1-4-7-8-21-17(5-2)13-14-25(32-21)24(27,16-26)19-15-18(9-10-20(19)28(25)6-3)29-22(30)11-12-23(29)31/h5,9-10,13-15H,2,6,8,11-12,16,26-27H2,1,3H3. The lowest BCUT2D eigenvalue weighted by Gasteiger charge is -2.47. The minimum absolute atomic E-state index is 0.0857. The highest BCUT2D eigenvalue weighted by Crippen LogP contribution is 2.53. The zero-order chi connectivity index (χ0) is 23.1. The number of ether oxygens (including phenoxy) is 1. The number of nitrogens with two attached hydrogens (primary N) is 2. The highest BCUT2D eigenvalue weighted by Gasteiger charge is 2.61. The number of amides is 2. The zero-order valence-corrected chi connectivity index (χ0v) is 18.5. The third kappa shape index (κ3) is 2.91. The second-order valence-electron chi connectivity index (χ2n) is 8.06. The number of hydrogen-bond acceptors (Lipinski definition) is 6. The Morgan fingerprint density at radius 3 is 2.59 bits per heavy atom. The summed E-state index contributed by atoms with van der Waals surface area (Å²) in [4.78, 5) is 27.9. The third-order valence-electron chi connectivity index (χ3n) is 6.47. The number of imide groups is 1. The highest BCUT2D eigenvalue weighted by molar-refractivity contribution is 6.20. The van der Waals surface area contributed by atoms with Crippen molar-refractivity contribution in [2.45, 2.75) is 44.4 Å². The number of allylic oxidation sites excluding steroid dienone is 4. The summed E-state index contributed by atoms with van der Waals surface area (Å²) in [6.45, 7) is 8.37. The molecule has 3 heterocycles. The maximum Gasteiger partial charge on any atom is 0.234 e. The zero-order valence-electron chi connectivity index (χ0n) is 18.5. The van der Waals surface area contributed by atoms with Crippen LogP contribution in [0.1, 0.15) is 38.7 Å². The number of anilines is 2. The molecule has 3 aliphatic rings. The van der Waals surface area contributed by atoms with Gasteiger partial charge in [0.05, 0.1) is 12.1 Å². The van der Waals surface area contributed by atoms with Crippen LogP contribution in [0.5, 0.6) is 0 Å². The van der Waals surface area contributed by atoms with Crippen LogP contribution in [-0.2, 0) is 19.9 Å². The lowest BCUT2D eigenvalue weighted by atomic mass is 9.81. The molecular weight excluding hydrogens is 404 g/mol. The van der Waals surface area contributed by atoms with Crippen LogP contribution in [0, 0.1) is 11.8 Å². The first kappa shape index (κ1) is 21.9. The van der Waals surface area contributed by atoms with Crippen molar-refractivity contribution in [2.24, 2.45) is 11.5 Å². The van der Waals surface area contributed by atoms with Gasteiger partial charge in [-0.05, 0) is 44.2 Å². The number of benzene rings is 1. The van der Waals surface area contributed by atoms with Crippen molar-refractivity contribution >= 4 is 23.2 Å². The molecule has 2 amide bonds. The molecular formula is C25H28N4O3. The Labute approximate surface area is 188 Å². The largest absolute Gasteiger partial charge is 0.465 e. The molecule has 0 saturated carbocycles. The van der Waals surface area contributed by atoms with E-state index in [1.165, 1.54) is 4.90 Å². The predicted molar refractivity (Wildman–Crippen MR) is 124 cm³/mol. The first-order chi connectivity index (χ1) is 15.4. The van der Waals surface area contributed by atoms with Gasteiger partial charge in [0.2, 0.25) is 17.5 Å². The molecule has 7 heteroatoms. The molecule has 4 N–H and O–H groups in total. The van der Waals surface area contributed by atoms with Gasteiger partial charge in [-0.15, -0.1) is 5.92 Å². The fourth-order valence-corrected chi connectivity index (χ4v) is 4.84. The number of rotatable bonds is 5. The van der Waals surface area contributed by atoms with Crippen molar-refractivity contribution in [3.05, 3.63) is 59.9 Å². The number of nitrogens with zero attached hydrogens (tertiary/aromatic N) is 2. The molecule has 0 aliphatic carbocycles. The highest BCUT2D eigenvalue weighted by atomic mass is 16.5. The second kappa shape index (κ2) is 7.97. The molecule has 7 nitrogen and oxygen atoms in total. The van der Waals surface area contributed by atoms with Crippen molar-refractivity contribution in [3.8, 4) is 11.8 Å². The molecule has 3 aliphatic heterocycles. The Balaban J connectivity index is 1.86. The molecule has 2 unspecified atom stereocenters. The molecule has 32 heavy (non-hydrogen) atoms. The van der Waals surface area contributed by atoms with Gasteiger partial charge in [0.15, 0.2) is 0 Å². The number of hydrogen-bond donors (Lipinski definition) is 2. The van der Waals surface area contributed by atoms with Gasteiger partial charge < -0.3 is 21.1 Å². The Morgan fingerprint density at radius 2 is 2.00 bits per heavy atom. The van der Waals surface area contributed by atoms with Crippen LogP contribution in [0.25, 0.3) is 0 Å². The maximum atomic E-state index is 12.3. The smallest absolute Gasteiger partial charge is 0.234 e. The molecule has 0 bridgehead atoms. The SMILES string of the molecule is C=CC1=C(CC#CC)OC2(C=C1)N(CC)c1ccc(N3C(=O)CCC3=O)cc1C2(N)CN. The van der Waals surface area contributed by atoms with E-state index in [0.29, 0.717) is 24.4 Å². The van der Waals surface area contributed by atoms with E-state index in [1.807, 2.05) is 25.1 Å². The van der Waals surface area contributed by atoms with E-state index < -0.39 is 11.3 Å². The number of fused-ring (bicyclic) bond motifs is 1. The Morgan fingerprint density at radius 1 is 1.28 bits per heavy atom. The van der Waals surface area contributed by atoms with E-state index in [1.54, 1.807) is 25.1 Å². The van der Waals surface area contributed by atoms with E-state index in [0.717, 1.165) is 16.8 Å². The average molecular weight is 433 g/mol. The first-order valence-corrected chi connectivity index (χ1v) is 10.8. The minimum Gasteiger partial charge on any atom is -0.465 e. The van der Waals surface area contributed by atoms with Gasteiger partial charge in [-0.25, -0.2) is 0 Å². The van der Waals surface area contributed by atoms with E-state index in [-0.39, 0.29) is 31.2 Å². The van der Waals surface area contributed by atoms with E-state index >= 15 is 0 Å². The first-order valence-electron chi connectivity index (χ1n) is 10.8. The summed E-state index contributed by atoms with van der Waals surface area (Å²) in [5.41, 5.74) is 14.1. The molecule has 1 aromatic rings. The van der Waals surface area contributed by atoms with Crippen LogP contribution in [0.3, 0.4) is 0 Å². The van der Waals surface area contributed by atoms with Gasteiger partial charge in [-0.2, -0.15) is 0 Å². The van der Waals surface area contributed by atoms with Gasteiger partial charge in [-0.1, -0.05) is 18.6 Å². The molecule has 2 atom stereocenters. The fourth-order valence-electron chi connectivity index (χ4n) is 4.84. The molecule has 1 fully saturated rings. The van der Waals surface area contributed by atoms with Gasteiger partial charge >= 0.3 is 0 Å². The number of carbonyl (C=O) groups excluding carboxylic acids is 2. The van der Waals surface area contributed by atoms with E-state index in [9.17, 15) is 9.59 Å². The monoisotopic (exact) mass is 432 g/mol. The summed E-state index contributed by atoms with van der Waals surface area (Å²) in [6, 6.07) is 5.46. The lowest BCUT2D eigenvalue weighted by molar-refractivity contribution is -0.121. The number of carbonyl (C=O) groups is 2. The van der Waals surface area contributed by atoms with Crippen molar-refractivity contribution in [1.29, 1.82) is 0 Å². The van der Waals surface area contributed by atoms with Crippen LogP contribution in [-0.4, -0.2) is 30.6 Å². The summed E-state index contributed by atoms with van der Waals surface area (Å²) in [5.74, 6) is 6.22. The molecule has 4 rings (SSSR count). The lowest BCUT2D eigenvalue weighted by Crippen LogP contribution is -2.66. The normalized spacial score (nSPS) is 26.4. The van der Waals surface area contributed by atoms with Crippen molar-refractivity contribution in [2.75, 3.05) is 22.9 Å². The quantitative estimate of drug-likeness (QED) is 0.547. The average Bonchev–Trinajstić information content (AvgIpc) is 3.24. The van der Waals surface area contributed by atoms with Crippen molar-refractivity contribution < 1.29 is 14.3 Å². The summed E-state index contributed by atoms with van der Waals surface area (Å²) >= 11 is 0. The minimum atomic E-state index is -1.13. The maximum absolute atomic E-state index is 12.3. The Hall–Kier alpha value is -3.34. The summed E-state index contributed by atoms with van der Waals surface area (Å²) in [5, 5.41) is 0. The third-order valence-corrected chi connectivity index (χ3v) is 6.47. The summed E-state index contributed by atoms with van der Waals surface area (Å²) < 4.78 is 6.63. The number of likely N-dealkylation sites (N-methyl/N-ethyl adjacent to an activating group) is 1. The molecule has 0 radical (unpaired) electrons. The molecule has 1 aromatic carbocycles. The van der Waals surface area contributed by atoms with Crippen LogP contribution in [0.4, 0.5) is 11.4 Å². The Bertz CT molecular complexity index is 1110. The molecule has 1 spiro atoms. The Kier molecular flexibility index (Phi) is 5.45. The van der Waals surface area contributed by atoms with Gasteiger partial charge in [0.25, 0.3) is 0 Å². The van der Waals surface area contributed by atoms with E-state index in [2.05, 4.69) is 23.3 Å². The van der Waals surface area contributed by atoms with Crippen LogP contribution in [0.15, 0.2) is 54.3 Å². The predicted octanol–water partition coefficient (Wildman–Crippen LogP) is 2.43. The summed E-state index contributed by atoms with van der Waals surface area (Å²) in [6.07, 6.45) is 6.46. The molecule has 166 valence electrons. The van der Waals surface area contributed by atoms with Gasteiger partial charge in [0.1, 0.15) is 11.3 Å². The summed E-state index contributed by atoms with van der Waals surface area (Å²) in [7, 11) is 0. The van der Waals surface area contributed by atoms with Gasteiger partial charge in [0, 0.05) is 42.8 Å². The van der Waals surface area contributed by atoms with Crippen LogP contribution >= 0.6 is 0 Å².